The van der Waals surface area contributed by atoms with Gasteiger partial charge in [0, 0.05) is 6.20 Å². The molecule has 2 N–H and O–H groups in total. The predicted molar refractivity (Wildman–Crippen MR) is 40.8 cm³/mol. The molecule has 0 atom stereocenters. The quantitative estimate of drug-likeness (QED) is 0.612. The summed E-state index contributed by atoms with van der Waals surface area (Å²) in [6, 6.07) is 3.62. The molecule has 60 valence electrons. The zero-order valence-electron chi connectivity index (χ0n) is 6.36. The average Bonchev–Trinajstić information content (AvgIpc) is 2.04. The fourth-order valence-electron chi connectivity index (χ4n) is 0.982. The lowest BCUT2D eigenvalue weighted by Crippen LogP contribution is -2.02. The monoisotopic (exact) mass is 153 g/mol. The number of nitrogens with zero attached hydrogens (tertiary/aromatic N) is 1. The van der Waals surface area contributed by atoms with Crippen LogP contribution in [0.3, 0.4) is 0 Å². The van der Waals surface area contributed by atoms with Gasteiger partial charge in [-0.25, -0.2) is 0 Å². The number of hydrogen-bond donors (Lipinski definition) is 2. The zero-order valence-corrected chi connectivity index (χ0v) is 6.36. The van der Waals surface area contributed by atoms with Gasteiger partial charge in [-0.3, -0.25) is 4.98 Å². The molecule has 3 nitrogen and oxygen atoms in total. The summed E-state index contributed by atoms with van der Waals surface area (Å²) in [5.74, 6) is 0. The third-order valence-corrected chi connectivity index (χ3v) is 1.55. The molecule has 0 aromatic carbocycles. The first kappa shape index (κ1) is 8.17. The van der Waals surface area contributed by atoms with Gasteiger partial charge < -0.3 is 10.2 Å². The number of aliphatic hydroxyl groups is 2. The molecule has 11 heavy (non-hydrogen) atoms. The highest BCUT2D eigenvalue weighted by Gasteiger charge is 2.07. The number of hydrogen-bond acceptors (Lipinski definition) is 3. The van der Waals surface area contributed by atoms with Gasteiger partial charge in [-0.15, -0.1) is 0 Å². The van der Waals surface area contributed by atoms with Crippen LogP contribution in [0.5, 0.6) is 0 Å². The van der Waals surface area contributed by atoms with Gasteiger partial charge in [0.2, 0.25) is 0 Å². The highest BCUT2D eigenvalue weighted by atomic mass is 16.5. The molecule has 0 bridgehead atoms. The molecule has 0 unspecified atom stereocenters. The zero-order chi connectivity index (χ0) is 8.27. The highest BCUT2D eigenvalue weighted by molar-refractivity contribution is 5.20. The molecule has 0 spiro atoms. The topological polar surface area (TPSA) is 53.4 Å². The Labute approximate surface area is 65.3 Å². The Balaban J connectivity index is 3.02. The van der Waals surface area contributed by atoms with Crippen LogP contribution in [0.1, 0.15) is 24.5 Å². The number of aromatic nitrogens is 1. The lowest BCUT2D eigenvalue weighted by atomic mass is 10.1. The molecule has 0 amide bonds. The van der Waals surface area contributed by atoms with Crippen molar-refractivity contribution < 1.29 is 10.2 Å². The molecule has 0 aliphatic heterocycles. The first-order valence-corrected chi connectivity index (χ1v) is 3.55. The van der Waals surface area contributed by atoms with Gasteiger partial charge in [0.25, 0.3) is 0 Å². The van der Waals surface area contributed by atoms with E-state index in [2.05, 4.69) is 4.98 Å². The Kier molecular flexibility index (Phi) is 2.57. The van der Waals surface area contributed by atoms with Crippen LogP contribution in [0.25, 0.3) is 0 Å². The second-order valence-corrected chi connectivity index (χ2v) is 2.27. The number of aryl methyl sites for hydroxylation is 1. The molecule has 1 rings (SSSR count). The summed E-state index contributed by atoms with van der Waals surface area (Å²) in [5, 5.41) is 17.7. The molecular weight excluding hydrogens is 142 g/mol. The van der Waals surface area contributed by atoms with E-state index in [0.717, 1.165) is 12.0 Å². The standard InChI is InChI=1S/C8H11NO2/c1-2-6-4-3-5-9-7(6)8(10)11/h3-5,8,10-11H,2H2,1H3. The summed E-state index contributed by atoms with van der Waals surface area (Å²) in [6.07, 6.45) is 0.862. The largest absolute Gasteiger partial charge is 0.363 e. The molecule has 1 heterocycles. The maximum absolute atomic E-state index is 8.83. The maximum atomic E-state index is 8.83. The van der Waals surface area contributed by atoms with Gasteiger partial charge in [-0.2, -0.15) is 0 Å². The first-order chi connectivity index (χ1) is 5.25. The molecule has 0 aliphatic carbocycles. The number of rotatable bonds is 2. The minimum Gasteiger partial charge on any atom is -0.363 e. The Morgan fingerprint density at radius 2 is 2.27 bits per heavy atom. The van der Waals surface area contributed by atoms with Crippen molar-refractivity contribution in [3.05, 3.63) is 29.6 Å². The van der Waals surface area contributed by atoms with E-state index in [0.29, 0.717) is 5.69 Å². The Hall–Kier alpha value is -0.930. The smallest absolute Gasteiger partial charge is 0.196 e. The predicted octanol–water partition coefficient (Wildman–Crippen LogP) is 0.627. The highest BCUT2D eigenvalue weighted by Crippen LogP contribution is 2.12. The minimum atomic E-state index is -1.45. The van der Waals surface area contributed by atoms with E-state index >= 15 is 0 Å². The van der Waals surface area contributed by atoms with Crippen LogP contribution < -0.4 is 0 Å². The van der Waals surface area contributed by atoms with Crippen molar-refractivity contribution in [1.29, 1.82) is 0 Å². The third-order valence-electron chi connectivity index (χ3n) is 1.55. The Morgan fingerprint density at radius 1 is 1.55 bits per heavy atom. The van der Waals surface area contributed by atoms with E-state index in [1.54, 1.807) is 12.3 Å². The van der Waals surface area contributed by atoms with Crippen molar-refractivity contribution in [2.24, 2.45) is 0 Å². The van der Waals surface area contributed by atoms with Crippen LogP contribution in [0.15, 0.2) is 18.3 Å². The summed E-state index contributed by atoms with van der Waals surface area (Å²) in [7, 11) is 0. The van der Waals surface area contributed by atoms with Gasteiger partial charge in [0.05, 0.1) is 5.69 Å². The molecule has 3 heteroatoms. The summed E-state index contributed by atoms with van der Waals surface area (Å²) >= 11 is 0. The summed E-state index contributed by atoms with van der Waals surface area (Å²) in [6.45, 7) is 1.95. The Morgan fingerprint density at radius 3 is 2.73 bits per heavy atom. The maximum Gasteiger partial charge on any atom is 0.196 e. The molecular formula is C8H11NO2. The van der Waals surface area contributed by atoms with Crippen LogP contribution in [-0.4, -0.2) is 15.2 Å². The van der Waals surface area contributed by atoms with Crippen LogP contribution in [-0.2, 0) is 6.42 Å². The van der Waals surface area contributed by atoms with Crippen LogP contribution in [0, 0.1) is 0 Å². The van der Waals surface area contributed by atoms with Crippen molar-refractivity contribution >= 4 is 0 Å². The molecule has 1 aromatic rings. The average molecular weight is 153 g/mol. The summed E-state index contributed by atoms with van der Waals surface area (Å²) < 4.78 is 0. The summed E-state index contributed by atoms with van der Waals surface area (Å²) in [4.78, 5) is 3.85. The fourth-order valence-corrected chi connectivity index (χ4v) is 0.982. The number of aliphatic hydroxyl groups excluding tert-OH is 1. The van der Waals surface area contributed by atoms with E-state index in [-0.39, 0.29) is 0 Å². The van der Waals surface area contributed by atoms with Crippen molar-refractivity contribution in [2.75, 3.05) is 0 Å². The molecule has 0 aliphatic rings. The molecule has 1 aromatic heterocycles. The lowest BCUT2D eigenvalue weighted by Gasteiger charge is -2.06. The SMILES string of the molecule is CCc1cccnc1C(O)O. The van der Waals surface area contributed by atoms with Gasteiger partial charge in [0.1, 0.15) is 0 Å². The van der Waals surface area contributed by atoms with Crippen LogP contribution in [0.4, 0.5) is 0 Å². The summed E-state index contributed by atoms with van der Waals surface area (Å²) in [5.41, 5.74) is 1.23. The Bertz CT molecular complexity index is 235. The second kappa shape index (κ2) is 3.46. The molecule has 0 radical (unpaired) electrons. The fraction of sp³-hybridized carbons (Fsp3) is 0.375. The first-order valence-electron chi connectivity index (χ1n) is 3.55. The van der Waals surface area contributed by atoms with E-state index in [1.165, 1.54) is 0 Å². The second-order valence-electron chi connectivity index (χ2n) is 2.27. The van der Waals surface area contributed by atoms with E-state index in [9.17, 15) is 0 Å². The van der Waals surface area contributed by atoms with Gasteiger partial charge in [-0.05, 0) is 18.1 Å². The molecule has 0 fully saturated rings. The van der Waals surface area contributed by atoms with Crippen molar-refractivity contribution in [3.63, 3.8) is 0 Å². The van der Waals surface area contributed by atoms with Crippen molar-refractivity contribution in [3.8, 4) is 0 Å². The molecule has 0 saturated carbocycles. The van der Waals surface area contributed by atoms with Gasteiger partial charge in [0.15, 0.2) is 6.29 Å². The molecule has 0 saturated heterocycles. The van der Waals surface area contributed by atoms with Crippen LogP contribution in [0.2, 0.25) is 0 Å². The van der Waals surface area contributed by atoms with Crippen molar-refractivity contribution in [2.45, 2.75) is 19.6 Å². The minimum absolute atomic E-state index is 0.356. The van der Waals surface area contributed by atoms with E-state index in [1.807, 2.05) is 13.0 Å². The normalized spacial score (nSPS) is 10.5. The van der Waals surface area contributed by atoms with E-state index in [4.69, 9.17) is 10.2 Å². The lowest BCUT2D eigenvalue weighted by molar-refractivity contribution is -0.0464. The van der Waals surface area contributed by atoms with Gasteiger partial charge in [-0.1, -0.05) is 13.0 Å². The number of pyridine rings is 1. The third kappa shape index (κ3) is 1.76. The van der Waals surface area contributed by atoms with E-state index < -0.39 is 6.29 Å². The van der Waals surface area contributed by atoms with Gasteiger partial charge >= 0.3 is 0 Å². The van der Waals surface area contributed by atoms with Crippen LogP contribution >= 0.6 is 0 Å². The van der Waals surface area contributed by atoms with Crippen molar-refractivity contribution in [1.82, 2.24) is 4.98 Å².